The first-order valence-electron chi connectivity index (χ1n) is 5.75. The Morgan fingerprint density at radius 1 is 1.17 bits per heavy atom. The molecule has 0 aliphatic rings. The zero-order valence-electron chi connectivity index (χ0n) is 9.70. The number of aryl methyl sites for hydroxylation is 1. The van der Waals surface area contributed by atoms with Crippen LogP contribution in [0, 0.1) is 11.6 Å². The zero-order chi connectivity index (χ0) is 13.0. The Balaban J connectivity index is 1.86. The maximum atomic E-state index is 13.0. The molecule has 0 amide bonds. The molecule has 0 aliphatic heterocycles. The maximum absolute atomic E-state index is 13.0. The monoisotopic (exact) mass is 270 g/mol. The van der Waals surface area contributed by atoms with E-state index in [0.717, 1.165) is 24.7 Å². The SMILES string of the molecule is Fc1ccc(CC(Cl)CCc2ccco2)cc1F. The van der Waals surface area contributed by atoms with Crippen LogP contribution < -0.4 is 0 Å². The first kappa shape index (κ1) is 13.1. The lowest BCUT2D eigenvalue weighted by atomic mass is 10.1. The Labute approximate surface area is 109 Å². The average molecular weight is 271 g/mol. The summed E-state index contributed by atoms with van der Waals surface area (Å²) < 4.78 is 31.0. The Kier molecular flexibility index (Phi) is 4.37. The van der Waals surface area contributed by atoms with Crippen LogP contribution in [0.3, 0.4) is 0 Å². The molecule has 1 nitrogen and oxygen atoms in total. The van der Waals surface area contributed by atoms with E-state index in [1.54, 1.807) is 12.3 Å². The van der Waals surface area contributed by atoms with Crippen molar-refractivity contribution in [3.63, 3.8) is 0 Å². The number of halogens is 3. The Morgan fingerprint density at radius 3 is 2.67 bits per heavy atom. The quantitative estimate of drug-likeness (QED) is 0.737. The van der Waals surface area contributed by atoms with Gasteiger partial charge in [-0.2, -0.15) is 0 Å². The van der Waals surface area contributed by atoms with E-state index < -0.39 is 11.6 Å². The summed E-state index contributed by atoms with van der Waals surface area (Å²) in [4.78, 5) is 0. The lowest BCUT2D eigenvalue weighted by molar-refractivity contribution is 0.497. The second kappa shape index (κ2) is 6.01. The van der Waals surface area contributed by atoms with Crippen molar-refractivity contribution in [3.05, 3.63) is 59.6 Å². The molecule has 4 heteroatoms. The van der Waals surface area contributed by atoms with Gasteiger partial charge in [-0.05, 0) is 42.7 Å². The fourth-order valence-corrected chi connectivity index (χ4v) is 2.07. The van der Waals surface area contributed by atoms with Crippen molar-refractivity contribution in [2.24, 2.45) is 0 Å². The van der Waals surface area contributed by atoms with Gasteiger partial charge in [0.2, 0.25) is 0 Å². The van der Waals surface area contributed by atoms with E-state index in [2.05, 4.69) is 0 Å². The fraction of sp³-hybridized carbons (Fsp3) is 0.286. The number of rotatable bonds is 5. The third-order valence-electron chi connectivity index (χ3n) is 2.73. The molecule has 1 unspecified atom stereocenters. The molecule has 96 valence electrons. The van der Waals surface area contributed by atoms with Gasteiger partial charge in [0.1, 0.15) is 5.76 Å². The van der Waals surface area contributed by atoms with Gasteiger partial charge >= 0.3 is 0 Å². The minimum absolute atomic E-state index is 0.125. The summed E-state index contributed by atoms with van der Waals surface area (Å²) in [7, 11) is 0. The van der Waals surface area contributed by atoms with Gasteiger partial charge in [0.15, 0.2) is 11.6 Å². The molecular weight excluding hydrogens is 258 g/mol. The minimum Gasteiger partial charge on any atom is -0.469 e. The first-order valence-corrected chi connectivity index (χ1v) is 6.19. The van der Waals surface area contributed by atoms with Crippen LogP contribution in [-0.4, -0.2) is 5.38 Å². The second-order valence-corrected chi connectivity index (χ2v) is 4.79. The minimum atomic E-state index is -0.833. The van der Waals surface area contributed by atoms with E-state index in [1.165, 1.54) is 6.07 Å². The molecule has 0 fully saturated rings. The van der Waals surface area contributed by atoms with E-state index in [1.807, 2.05) is 12.1 Å². The third-order valence-corrected chi connectivity index (χ3v) is 3.10. The van der Waals surface area contributed by atoms with Crippen molar-refractivity contribution in [1.29, 1.82) is 0 Å². The van der Waals surface area contributed by atoms with Crippen molar-refractivity contribution in [2.75, 3.05) is 0 Å². The molecule has 1 aromatic heterocycles. The number of furan rings is 1. The Bertz CT molecular complexity index is 497. The highest BCUT2D eigenvalue weighted by Gasteiger charge is 2.09. The van der Waals surface area contributed by atoms with E-state index in [-0.39, 0.29) is 5.38 Å². The van der Waals surface area contributed by atoms with Crippen molar-refractivity contribution in [3.8, 4) is 0 Å². The molecule has 0 bridgehead atoms. The molecule has 18 heavy (non-hydrogen) atoms. The predicted molar refractivity (Wildman–Crippen MR) is 66.7 cm³/mol. The number of hydrogen-bond donors (Lipinski definition) is 0. The number of benzene rings is 1. The van der Waals surface area contributed by atoms with E-state index >= 15 is 0 Å². The van der Waals surface area contributed by atoms with Crippen LogP contribution in [-0.2, 0) is 12.8 Å². The van der Waals surface area contributed by atoms with Crippen LogP contribution in [0.4, 0.5) is 8.78 Å². The van der Waals surface area contributed by atoms with E-state index in [0.29, 0.717) is 12.0 Å². The first-order chi connectivity index (χ1) is 8.65. The molecule has 0 saturated carbocycles. The van der Waals surface area contributed by atoms with Crippen molar-refractivity contribution >= 4 is 11.6 Å². The van der Waals surface area contributed by atoms with Gasteiger partial charge < -0.3 is 4.42 Å². The number of alkyl halides is 1. The topological polar surface area (TPSA) is 13.1 Å². The molecule has 0 aliphatic carbocycles. The van der Waals surface area contributed by atoms with Gasteiger partial charge in [-0.1, -0.05) is 6.07 Å². The molecule has 0 N–H and O–H groups in total. The lowest BCUT2D eigenvalue weighted by Crippen LogP contribution is -2.05. The maximum Gasteiger partial charge on any atom is 0.159 e. The highest BCUT2D eigenvalue weighted by Crippen LogP contribution is 2.17. The van der Waals surface area contributed by atoms with Crippen LogP contribution in [0.1, 0.15) is 17.7 Å². The van der Waals surface area contributed by atoms with Crippen molar-refractivity contribution in [2.45, 2.75) is 24.6 Å². The summed E-state index contributed by atoms with van der Waals surface area (Å²) >= 11 is 6.17. The lowest BCUT2D eigenvalue weighted by Gasteiger charge is -2.08. The van der Waals surface area contributed by atoms with Gasteiger partial charge in [-0.25, -0.2) is 8.78 Å². The van der Waals surface area contributed by atoms with Crippen molar-refractivity contribution < 1.29 is 13.2 Å². The Morgan fingerprint density at radius 2 is 2.00 bits per heavy atom. The molecular formula is C14H13ClF2O. The van der Waals surface area contributed by atoms with Crippen LogP contribution in [0.2, 0.25) is 0 Å². The van der Waals surface area contributed by atoms with Crippen LogP contribution in [0.5, 0.6) is 0 Å². The molecule has 0 saturated heterocycles. The van der Waals surface area contributed by atoms with Gasteiger partial charge in [0.05, 0.1) is 6.26 Å². The van der Waals surface area contributed by atoms with Gasteiger partial charge in [-0.3, -0.25) is 0 Å². The van der Waals surface area contributed by atoms with E-state index in [9.17, 15) is 8.78 Å². The van der Waals surface area contributed by atoms with Crippen molar-refractivity contribution in [1.82, 2.24) is 0 Å². The summed E-state index contributed by atoms with van der Waals surface area (Å²) in [5, 5.41) is -0.125. The summed E-state index contributed by atoms with van der Waals surface area (Å²) in [5.41, 5.74) is 0.702. The third kappa shape index (κ3) is 3.57. The molecule has 1 heterocycles. The highest BCUT2D eigenvalue weighted by atomic mass is 35.5. The van der Waals surface area contributed by atoms with Crippen LogP contribution >= 0.6 is 11.6 Å². The fourth-order valence-electron chi connectivity index (χ4n) is 1.78. The molecule has 2 rings (SSSR count). The average Bonchev–Trinajstić information content (AvgIpc) is 2.84. The van der Waals surface area contributed by atoms with Crippen LogP contribution in [0.15, 0.2) is 41.0 Å². The molecule has 0 radical (unpaired) electrons. The highest BCUT2D eigenvalue weighted by molar-refractivity contribution is 6.20. The second-order valence-electron chi connectivity index (χ2n) is 4.17. The van der Waals surface area contributed by atoms with Crippen LogP contribution in [0.25, 0.3) is 0 Å². The summed E-state index contributed by atoms with van der Waals surface area (Å²) in [6, 6.07) is 7.59. The normalized spacial score (nSPS) is 12.6. The smallest absolute Gasteiger partial charge is 0.159 e. The summed E-state index contributed by atoms with van der Waals surface area (Å²) in [5.74, 6) is -0.784. The molecule has 1 aromatic carbocycles. The molecule has 0 spiro atoms. The molecule has 1 atom stereocenters. The van der Waals surface area contributed by atoms with Gasteiger partial charge in [0, 0.05) is 11.8 Å². The number of hydrogen-bond acceptors (Lipinski definition) is 1. The molecule has 2 aromatic rings. The zero-order valence-corrected chi connectivity index (χ0v) is 10.5. The Hall–Kier alpha value is -1.35. The summed E-state index contributed by atoms with van der Waals surface area (Å²) in [6.07, 6.45) is 3.60. The van der Waals surface area contributed by atoms with Gasteiger partial charge in [0.25, 0.3) is 0 Å². The van der Waals surface area contributed by atoms with E-state index in [4.69, 9.17) is 16.0 Å². The summed E-state index contributed by atoms with van der Waals surface area (Å²) in [6.45, 7) is 0. The standard InChI is InChI=1S/C14H13ClF2O/c15-11(4-5-12-2-1-7-18-12)8-10-3-6-13(16)14(17)9-10/h1-3,6-7,9,11H,4-5,8H2. The predicted octanol–water partition coefficient (Wildman–Crippen LogP) is 4.34. The van der Waals surface area contributed by atoms with Gasteiger partial charge in [-0.15, -0.1) is 11.6 Å². The largest absolute Gasteiger partial charge is 0.469 e.